The van der Waals surface area contributed by atoms with Gasteiger partial charge in [-0.15, -0.1) is 0 Å². The third kappa shape index (κ3) is 3.01. The van der Waals surface area contributed by atoms with E-state index >= 15 is 0 Å². The highest BCUT2D eigenvalue weighted by Crippen LogP contribution is 2.21. The van der Waals surface area contributed by atoms with E-state index in [1.165, 1.54) is 0 Å². The molecule has 6 nitrogen and oxygen atoms in total. The molecule has 0 aliphatic carbocycles. The van der Waals surface area contributed by atoms with Crippen molar-refractivity contribution in [3.8, 4) is 0 Å². The lowest BCUT2D eigenvalue weighted by Crippen LogP contribution is -2.49. The fourth-order valence-electron chi connectivity index (χ4n) is 2.93. The Hall–Kier alpha value is -2.21. The van der Waals surface area contributed by atoms with Gasteiger partial charge in [-0.25, -0.2) is 0 Å². The van der Waals surface area contributed by atoms with Crippen LogP contribution < -0.4 is 5.32 Å². The topological polar surface area (TPSA) is 63.1 Å². The highest BCUT2D eigenvalue weighted by molar-refractivity contribution is 5.76. The lowest BCUT2D eigenvalue weighted by molar-refractivity contribution is -0.135. The van der Waals surface area contributed by atoms with Gasteiger partial charge in [0.15, 0.2) is 0 Å². The van der Waals surface area contributed by atoms with Gasteiger partial charge in [-0.2, -0.15) is 5.10 Å². The smallest absolute Gasteiger partial charge is 0.244 e. The number of hydrogen-bond acceptors (Lipinski definition) is 4. The van der Waals surface area contributed by atoms with Crippen molar-refractivity contribution >= 4 is 5.91 Å². The number of pyridine rings is 1. The molecule has 1 amide bonds. The largest absolute Gasteiger partial charge is 0.331 e. The van der Waals surface area contributed by atoms with Gasteiger partial charge in [-0.05, 0) is 31.5 Å². The first-order valence-electron chi connectivity index (χ1n) is 7.56. The van der Waals surface area contributed by atoms with Crippen LogP contribution in [0.2, 0.25) is 0 Å². The van der Waals surface area contributed by atoms with Crippen LogP contribution in [0.3, 0.4) is 0 Å². The van der Waals surface area contributed by atoms with Crippen LogP contribution in [-0.4, -0.2) is 45.2 Å². The number of rotatable bonds is 3. The van der Waals surface area contributed by atoms with E-state index in [4.69, 9.17) is 0 Å². The number of aryl methyl sites for hydroxylation is 2. The van der Waals surface area contributed by atoms with E-state index in [0.717, 1.165) is 30.0 Å². The van der Waals surface area contributed by atoms with Crippen LogP contribution in [0, 0.1) is 13.8 Å². The van der Waals surface area contributed by atoms with Crippen LogP contribution in [0.1, 0.15) is 23.0 Å². The first-order valence-corrected chi connectivity index (χ1v) is 7.56. The summed E-state index contributed by atoms with van der Waals surface area (Å²) in [7, 11) is 0. The second kappa shape index (κ2) is 6.27. The summed E-state index contributed by atoms with van der Waals surface area (Å²) in [4.78, 5) is 18.8. The van der Waals surface area contributed by atoms with Crippen molar-refractivity contribution in [1.29, 1.82) is 0 Å². The average Bonchev–Trinajstić information content (AvgIpc) is 2.85. The maximum absolute atomic E-state index is 12.7. The predicted molar refractivity (Wildman–Crippen MR) is 83.3 cm³/mol. The normalized spacial score (nSPS) is 18.5. The summed E-state index contributed by atoms with van der Waals surface area (Å²) in [5, 5.41) is 7.74. The molecule has 1 fully saturated rings. The molecule has 1 aliphatic heterocycles. The van der Waals surface area contributed by atoms with E-state index in [1.54, 1.807) is 10.9 Å². The van der Waals surface area contributed by atoms with Gasteiger partial charge in [0.2, 0.25) is 5.91 Å². The van der Waals surface area contributed by atoms with Gasteiger partial charge in [0.25, 0.3) is 0 Å². The Morgan fingerprint density at radius 2 is 2.32 bits per heavy atom. The second-order valence-electron chi connectivity index (χ2n) is 5.68. The highest BCUT2D eigenvalue weighted by Gasteiger charge is 2.28. The minimum absolute atomic E-state index is 0.0342. The summed E-state index contributed by atoms with van der Waals surface area (Å²) in [6.45, 7) is 6.49. The minimum Gasteiger partial charge on any atom is -0.331 e. The lowest BCUT2D eigenvalue weighted by atomic mass is 10.1. The predicted octanol–water partition coefficient (Wildman–Crippen LogP) is 1.07. The van der Waals surface area contributed by atoms with E-state index in [2.05, 4.69) is 15.4 Å². The van der Waals surface area contributed by atoms with E-state index < -0.39 is 0 Å². The summed E-state index contributed by atoms with van der Waals surface area (Å²) in [6, 6.07) is 5.96. The maximum Gasteiger partial charge on any atom is 0.244 e. The average molecular weight is 299 g/mol. The summed E-state index contributed by atoms with van der Waals surface area (Å²) in [6.07, 6.45) is 3.59. The lowest BCUT2D eigenvalue weighted by Gasteiger charge is -2.36. The SMILES string of the molecule is Cc1cc(C)n(CC(=O)N2CCNCC2c2cccnc2)n1. The molecule has 0 aromatic carbocycles. The van der Waals surface area contributed by atoms with Crippen LogP contribution in [0.25, 0.3) is 0 Å². The molecule has 1 atom stereocenters. The molecule has 1 saturated heterocycles. The van der Waals surface area contributed by atoms with Crippen molar-refractivity contribution < 1.29 is 4.79 Å². The van der Waals surface area contributed by atoms with E-state index in [0.29, 0.717) is 6.54 Å². The quantitative estimate of drug-likeness (QED) is 0.921. The molecule has 1 aliphatic rings. The molecular weight excluding hydrogens is 278 g/mol. The second-order valence-corrected chi connectivity index (χ2v) is 5.68. The van der Waals surface area contributed by atoms with Gasteiger partial charge >= 0.3 is 0 Å². The van der Waals surface area contributed by atoms with Crippen molar-refractivity contribution in [1.82, 2.24) is 25.0 Å². The first-order chi connectivity index (χ1) is 10.6. The Kier molecular flexibility index (Phi) is 4.20. The number of carbonyl (C=O) groups is 1. The Labute approximate surface area is 130 Å². The van der Waals surface area contributed by atoms with E-state index in [9.17, 15) is 4.79 Å². The fourth-order valence-corrected chi connectivity index (χ4v) is 2.93. The van der Waals surface area contributed by atoms with Gasteiger partial charge in [-0.1, -0.05) is 6.07 Å². The number of nitrogens with zero attached hydrogens (tertiary/aromatic N) is 4. The zero-order valence-corrected chi connectivity index (χ0v) is 13.0. The van der Waals surface area contributed by atoms with Gasteiger partial charge in [0.1, 0.15) is 6.54 Å². The van der Waals surface area contributed by atoms with Crippen LogP contribution in [0.4, 0.5) is 0 Å². The Bertz CT molecular complexity index is 652. The van der Waals surface area contributed by atoms with Crippen molar-refractivity contribution in [2.45, 2.75) is 26.4 Å². The molecule has 0 radical (unpaired) electrons. The van der Waals surface area contributed by atoms with Gasteiger partial charge < -0.3 is 10.2 Å². The van der Waals surface area contributed by atoms with Gasteiger partial charge in [0.05, 0.1) is 11.7 Å². The molecule has 2 aromatic rings. The van der Waals surface area contributed by atoms with Crippen molar-refractivity contribution in [2.24, 2.45) is 0 Å². The molecular formula is C16H21N5O. The summed E-state index contributed by atoms with van der Waals surface area (Å²) < 4.78 is 1.78. The number of aromatic nitrogens is 3. The summed E-state index contributed by atoms with van der Waals surface area (Å²) in [5.41, 5.74) is 3.02. The van der Waals surface area contributed by atoms with Gasteiger partial charge in [0, 0.05) is 37.7 Å². The maximum atomic E-state index is 12.7. The van der Waals surface area contributed by atoms with Crippen LogP contribution in [0.5, 0.6) is 0 Å². The van der Waals surface area contributed by atoms with Crippen molar-refractivity contribution in [2.75, 3.05) is 19.6 Å². The standard InChI is InChI=1S/C16H21N5O/c1-12-8-13(2)21(19-12)11-16(22)20-7-6-18-10-15(20)14-4-3-5-17-9-14/h3-5,8-9,15,18H,6-7,10-11H2,1-2H3. The third-order valence-corrected chi connectivity index (χ3v) is 4.02. The third-order valence-electron chi connectivity index (χ3n) is 4.02. The molecule has 22 heavy (non-hydrogen) atoms. The number of amides is 1. The summed E-state index contributed by atoms with van der Waals surface area (Å²) >= 11 is 0. The van der Waals surface area contributed by atoms with Crippen molar-refractivity contribution in [3.05, 3.63) is 47.5 Å². The Balaban J connectivity index is 1.78. The van der Waals surface area contributed by atoms with Crippen LogP contribution in [-0.2, 0) is 11.3 Å². The van der Waals surface area contributed by atoms with E-state index in [-0.39, 0.29) is 18.5 Å². The van der Waals surface area contributed by atoms with Crippen LogP contribution in [0.15, 0.2) is 30.6 Å². The number of hydrogen-bond donors (Lipinski definition) is 1. The molecule has 3 rings (SSSR count). The summed E-state index contributed by atoms with van der Waals surface area (Å²) in [5.74, 6) is 0.0987. The molecule has 3 heterocycles. The molecule has 1 unspecified atom stereocenters. The number of piperazine rings is 1. The molecule has 0 spiro atoms. The monoisotopic (exact) mass is 299 g/mol. The highest BCUT2D eigenvalue weighted by atomic mass is 16.2. The molecule has 116 valence electrons. The number of carbonyl (C=O) groups excluding carboxylic acids is 1. The molecule has 1 N–H and O–H groups in total. The van der Waals surface area contributed by atoms with Crippen LogP contribution >= 0.6 is 0 Å². The van der Waals surface area contributed by atoms with Gasteiger partial charge in [-0.3, -0.25) is 14.5 Å². The zero-order chi connectivity index (χ0) is 15.5. The molecule has 2 aromatic heterocycles. The van der Waals surface area contributed by atoms with E-state index in [1.807, 2.05) is 43.1 Å². The fraction of sp³-hybridized carbons (Fsp3) is 0.438. The zero-order valence-electron chi connectivity index (χ0n) is 13.0. The molecule has 0 bridgehead atoms. The Morgan fingerprint density at radius 3 is 3.00 bits per heavy atom. The molecule has 6 heteroatoms. The first kappa shape index (κ1) is 14.7. The van der Waals surface area contributed by atoms with Crippen molar-refractivity contribution in [3.63, 3.8) is 0 Å². The Morgan fingerprint density at radius 1 is 1.45 bits per heavy atom. The molecule has 0 saturated carbocycles. The number of nitrogens with one attached hydrogen (secondary N) is 1. The minimum atomic E-state index is 0.0342.